The lowest BCUT2D eigenvalue weighted by Crippen LogP contribution is -2.53. The first-order valence-electron chi connectivity index (χ1n) is 7.36. The van der Waals surface area contributed by atoms with Gasteiger partial charge in [-0.25, -0.2) is 0 Å². The molecule has 2 aliphatic rings. The fraction of sp³-hybridized carbons (Fsp3) is 0.562. The fourth-order valence-corrected chi connectivity index (χ4v) is 3.03. The molecule has 4 heteroatoms. The lowest BCUT2D eigenvalue weighted by molar-refractivity contribution is -0.138. The minimum absolute atomic E-state index is 0. The Kier molecular flexibility index (Phi) is 5.44. The molecule has 0 bridgehead atoms. The number of hydrogen-bond donors (Lipinski definition) is 1. The van der Waals surface area contributed by atoms with Gasteiger partial charge in [-0.2, -0.15) is 0 Å². The molecule has 1 amide bonds. The van der Waals surface area contributed by atoms with Crippen molar-refractivity contribution < 1.29 is 4.79 Å². The van der Waals surface area contributed by atoms with E-state index in [0.29, 0.717) is 5.91 Å². The predicted octanol–water partition coefficient (Wildman–Crippen LogP) is 2.11. The van der Waals surface area contributed by atoms with Gasteiger partial charge in [-0.15, -0.1) is 12.4 Å². The minimum Gasteiger partial charge on any atom is -0.342 e. The van der Waals surface area contributed by atoms with E-state index < -0.39 is 0 Å². The second-order valence-corrected chi connectivity index (χ2v) is 5.81. The molecule has 3 rings (SSSR count). The van der Waals surface area contributed by atoms with Gasteiger partial charge in [-0.1, -0.05) is 30.3 Å². The molecule has 0 atom stereocenters. The number of amides is 1. The average Bonchev–Trinajstić information content (AvgIpc) is 2.39. The first kappa shape index (κ1) is 15.3. The van der Waals surface area contributed by atoms with Crippen molar-refractivity contribution in [2.45, 2.75) is 19.3 Å². The zero-order chi connectivity index (χ0) is 13.1. The van der Waals surface area contributed by atoms with Crippen molar-refractivity contribution >= 4 is 18.3 Å². The number of nitrogens with one attached hydrogen (secondary N) is 1. The van der Waals surface area contributed by atoms with Gasteiger partial charge >= 0.3 is 0 Å². The number of rotatable bonds is 3. The summed E-state index contributed by atoms with van der Waals surface area (Å²) >= 11 is 0. The Morgan fingerprint density at radius 1 is 1.15 bits per heavy atom. The third kappa shape index (κ3) is 3.53. The van der Waals surface area contributed by atoms with Gasteiger partial charge in [0.05, 0.1) is 5.92 Å². The molecule has 20 heavy (non-hydrogen) atoms. The summed E-state index contributed by atoms with van der Waals surface area (Å²) in [6, 6.07) is 10.7. The van der Waals surface area contributed by atoms with Gasteiger partial charge in [0, 0.05) is 26.2 Å². The third-order valence-electron chi connectivity index (χ3n) is 4.42. The van der Waals surface area contributed by atoms with Crippen LogP contribution in [0.2, 0.25) is 0 Å². The summed E-state index contributed by atoms with van der Waals surface area (Å²) in [5.41, 5.74) is 1.43. The van der Waals surface area contributed by atoms with Crippen molar-refractivity contribution in [3.8, 4) is 0 Å². The smallest absolute Gasteiger partial charge is 0.228 e. The van der Waals surface area contributed by atoms with Crippen LogP contribution in [0.5, 0.6) is 0 Å². The number of carbonyl (C=O) groups excluding carboxylic acids is 1. The van der Waals surface area contributed by atoms with E-state index in [9.17, 15) is 4.79 Å². The van der Waals surface area contributed by atoms with E-state index in [1.807, 2.05) is 0 Å². The molecule has 1 N–H and O–H groups in total. The molecule has 110 valence electrons. The molecule has 2 heterocycles. The summed E-state index contributed by atoms with van der Waals surface area (Å²) in [4.78, 5) is 14.2. The van der Waals surface area contributed by atoms with E-state index >= 15 is 0 Å². The largest absolute Gasteiger partial charge is 0.342 e. The zero-order valence-corrected chi connectivity index (χ0v) is 12.6. The van der Waals surface area contributed by atoms with Gasteiger partial charge < -0.3 is 10.2 Å². The summed E-state index contributed by atoms with van der Waals surface area (Å²) in [6.07, 6.45) is 3.47. The highest BCUT2D eigenvalue weighted by Crippen LogP contribution is 2.23. The van der Waals surface area contributed by atoms with E-state index in [0.717, 1.165) is 51.4 Å². The van der Waals surface area contributed by atoms with Crippen LogP contribution in [0, 0.1) is 11.8 Å². The monoisotopic (exact) mass is 294 g/mol. The molecule has 2 saturated heterocycles. The molecule has 2 aliphatic heterocycles. The van der Waals surface area contributed by atoms with Crippen LogP contribution in [0.3, 0.4) is 0 Å². The van der Waals surface area contributed by atoms with E-state index in [-0.39, 0.29) is 18.3 Å². The van der Waals surface area contributed by atoms with Crippen LogP contribution in [-0.4, -0.2) is 37.0 Å². The summed E-state index contributed by atoms with van der Waals surface area (Å²) in [5, 5.41) is 3.18. The lowest BCUT2D eigenvalue weighted by atomic mass is 9.89. The highest BCUT2D eigenvalue weighted by Gasteiger charge is 2.31. The highest BCUT2D eigenvalue weighted by molar-refractivity contribution is 5.85. The molecule has 3 nitrogen and oxygen atoms in total. The Bertz CT molecular complexity index is 425. The van der Waals surface area contributed by atoms with Crippen molar-refractivity contribution in [3.63, 3.8) is 0 Å². The molecule has 0 unspecified atom stereocenters. The maximum atomic E-state index is 12.1. The molecule has 0 spiro atoms. The summed E-state index contributed by atoms with van der Waals surface area (Å²) < 4.78 is 0. The number of benzene rings is 1. The first-order chi connectivity index (χ1) is 9.33. The first-order valence-corrected chi connectivity index (χ1v) is 7.36. The Morgan fingerprint density at radius 3 is 2.35 bits per heavy atom. The van der Waals surface area contributed by atoms with Crippen molar-refractivity contribution in [2.24, 2.45) is 11.8 Å². The number of carbonyl (C=O) groups is 1. The lowest BCUT2D eigenvalue weighted by Gasteiger charge is -2.37. The van der Waals surface area contributed by atoms with Gasteiger partial charge in [0.25, 0.3) is 0 Å². The SMILES string of the molecule is Cl.O=C(C1CNC1)N1CCC(Cc2ccccc2)CC1. The summed E-state index contributed by atoms with van der Waals surface area (Å²) in [7, 11) is 0. The zero-order valence-electron chi connectivity index (χ0n) is 11.8. The van der Waals surface area contributed by atoms with Crippen molar-refractivity contribution in [1.29, 1.82) is 0 Å². The standard InChI is InChI=1S/C16H22N2O.ClH/c19-16(15-11-17-12-15)18-8-6-14(7-9-18)10-13-4-2-1-3-5-13;/h1-5,14-15,17H,6-12H2;1H. The van der Waals surface area contributed by atoms with Crippen LogP contribution in [-0.2, 0) is 11.2 Å². The van der Waals surface area contributed by atoms with Crippen molar-refractivity contribution in [2.75, 3.05) is 26.2 Å². The quantitative estimate of drug-likeness (QED) is 0.926. The third-order valence-corrected chi connectivity index (χ3v) is 4.42. The van der Waals surface area contributed by atoms with Gasteiger partial charge in [0.1, 0.15) is 0 Å². The Morgan fingerprint density at radius 2 is 1.80 bits per heavy atom. The molecule has 0 aromatic heterocycles. The van der Waals surface area contributed by atoms with Crippen LogP contribution in [0.15, 0.2) is 30.3 Å². The van der Waals surface area contributed by atoms with E-state index in [4.69, 9.17) is 0 Å². The number of hydrogen-bond acceptors (Lipinski definition) is 2. The van der Waals surface area contributed by atoms with Crippen LogP contribution < -0.4 is 5.32 Å². The second-order valence-electron chi connectivity index (χ2n) is 5.81. The van der Waals surface area contributed by atoms with E-state index in [2.05, 4.69) is 40.5 Å². The minimum atomic E-state index is 0. The molecular formula is C16H23ClN2O. The van der Waals surface area contributed by atoms with Gasteiger partial charge in [0.2, 0.25) is 5.91 Å². The highest BCUT2D eigenvalue weighted by atomic mass is 35.5. The molecule has 1 aromatic carbocycles. The fourth-order valence-electron chi connectivity index (χ4n) is 3.03. The predicted molar refractivity (Wildman–Crippen MR) is 83.1 cm³/mol. The average molecular weight is 295 g/mol. The van der Waals surface area contributed by atoms with Gasteiger partial charge in [0.15, 0.2) is 0 Å². The van der Waals surface area contributed by atoms with Crippen molar-refractivity contribution in [3.05, 3.63) is 35.9 Å². The number of nitrogens with zero attached hydrogens (tertiary/aromatic N) is 1. The van der Waals surface area contributed by atoms with E-state index in [1.54, 1.807) is 0 Å². The maximum Gasteiger partial charge on any atom is 0.228 e. The van der Waals surface area contributed by atoms with Crippen LogP contribution in [0.4, 0.5) is 0 Å². The normalized spacial score (nSPS) is 20.1. The van der Waals surface area contributed by atoms with Crippen LogP contribution in [0.25, 0.3) is 0 Å². The topological polar surface area (TPSA) is 32.3 Å². The Balaban J connectivity index is 0.00000147. The summed E-state index contributed by atoms with van der Waals surface area (Å²) in [5.74, 6) is 1.37. The van der Waals surface area contributed by atoms with Gasteiger partial charge in [-0.3, -0.25) is 4.79 Å². The van der Waals surface area contributed by atoms with Crippen molar-refractivity contribution in [1.82, 2.24) is 10.2 Å². The molecule has 0 aliphatic carbocycles. The van der Waals surface area contributed by atoms with E-state index in [1.165, 1.54) is 5.56 Å². The molecule has 1 aromatic rings. The molecule has 0 saturated carbocycles. The maximum absolute atomic E-state index is 12.1. The van der Waals surface area contributed by atoms with Crippen LogP contribution >= 0.6 is 12.4 Å². The Hall–Kier alpha value is -1.06. The number of likely N-dealkylation sites (tertiary alicyclic amines) is 1. The number of piperidine rings is 1. The molecule has 2 fully saturated rings. The van der Waals surface area contributed by atoms with Crippen LogP contribution in [0.1, 0.15) is 18.4 Å². The molecule has 0 radical (unpaired) electrons. The van der Waals surface area contributed by atoms with Gasteiger partial charge in [-0.05, 0) is 30.7 Å². The second kappa shape index (κ2) is 7.09. The number of halogens is 1. The molecular weight excluding hydrogens is 272 g/mol. The summed E-state index contributed by atoms with van der Waals surface area (Å²) in [6.45, 7) is 3.66. The Labute approximate surface area is 127 Å².